The molecule has 0 radical (unpaired) electrons. The van der Waals surface area contributed by atoms with Crippen LogP contribution in [-0.2, 0) is 9.53 Å². The summed E-state index contributed by atoms with van der Waals surface area (Å²) in [5.74, 6) is 1.46. The highest BCUT2D eigenvalue weighted by atomic mass is 16.5. The Morgan fingerprint density at radius 3 is 2.85 bits per heavy atom. The van der Waals surface area contributed by atoms with E-state index in [9.17, 15) is 4.79 Å². The number of carbonyl (C=O) groups is 1. The number of esters is 1. The smallest absolute Gasteiger partial charge is 0.306 e. The topological polar surface area (TPSA) is 68.5 Å². The van der Waals surface area contributed by atoms with E-state index in [1.807, 2.05) is 19.1 Å². The molecule has 0 bridgehead atoms. The average Bonchev–Trinajstić information content (AvgIpc) is 2.32. The summed E-state index contributed by atoms with van der Waals surface area (Å²) in [5, 5.41) is 0. The number of rotatable bonds is 4. The third-order valence-electron chi connectivity index (χ3n) is 4.35. The van der Waals surface area contributed by atoms with Crippen LogP contribution in [0.2, 0.25) is 0 Å². The van der Waals surface area contributed by atoms with Gasteiger partial charge in [-0.1, -0.05) is 0 Å². The largest absolute Gasteiger partial charge is 0.466 e. The van der Waals surface area contributed by atoms with Crippen molar-refractivity contribution in [3.8, 4) is 0 Å². The minimum absolute atomic E-state index is 0.0521. The molecule has 1 saturated heterocycles. The van der Waals surface area contributed by atoms with Crippen LogP contribution >= 0.6 is 0 Å². The van der Waals surface area contributed by atoms with Crippen molar-refractivity contribution in [3.05, 3.63) is 18.3 Å². The van der Waals surface area contributed by atoms with Gasteiger partial charge in [0.1, 0.15) is 5.82 Å². The third-order valence-corrected chi connectivity index (χ3v) is 4.35. The average molecular weight is 275 g/mol. The minimum Gasteiger partial charge on any atom is -0.466 e. The van der Waals surface area contributed by atoms with Crippen LogP contribution in [0.4, 0.5) is 11.5 Å². The van der Waals surface area contributed by atoms with E-state index in [0.717, 1.165) is 31.7 Å². The monoisotopic (exact) mass is 275 g/mol. The van der Waals surface area contributed by atoms with Crippen LogP contribution in [0.1, 0.15) is 26.2 Å². The SMILES string of the molecule is CCOC(=O)CC1CC2(C1)CN(c1ccc(N)cn1)C2. The lowest BCUT2D eigenvalue weighted by Gasteiger charge is -2.59. The van der Waals surface area contributed by atoms with E-state index in [-0.39, 0.29) is 5.97 Å². The molecule has 0 unspecified atom stereocenters. The van der Waals surface area contributed by atoms with Crippen LogP contribution in [0.3, 0.4) is 0 Å². The maximum atomic E-state index is 11.4. The van der Waals surface area contributed by atoms with E-state index in [1.165, 1.54) is 0 Å². The Morgan fingerprint density at radius 2 is 2.25 bits per heavy atom. The molecule has 1 spiro atoms. The molecule has 5 heteroatoms. The highest BCUT2D eigenvalue weighted by molar-refractivity contribution is 5.69. The number of anilines is 2. The van der Waals surface area contributed by atoms with Gasteiger partial charge in [0.25, 0.3) is 0 Å². The Kier molecular flexibility index (Phi) is 3.28. The maximum Gasteiger partial charge on any atom is 0.306 e. The Morgan fingerprint density at radius 1 is 1.50 bits per heavy atom. The Balaban J connectivity index is 1.45. The van der Waals surface area contributed by atoms with E-state index in [2.05, 4.69) is 9.88 Å². The number of nitrogen functional groups attached to an aromatic ring is 1. The molecule has 108 valence electrons. The summed E-state index contributed by atoms with van der Waals surface area (Å²) in [6.45, 7) is 4.42. The summed E-state index contributed by atoms with van der Waals surface area (Å²) in [7, 11) is 0. The molecular formula is C15H21N3O2. The van der Waals surface area contributed by atoms with Gasteiger partial charge in [0.15, 0.2) is 0 Å². The van der Waals surface area contributed by atoms with Crippen molar-refractivity contribution in [2.24, 2.45) is 11.3 Å². The standard InChI is InChI=1S/C15H21N3O2/c1-2-20-14(19)5-11-6-15(7-11)9-18(10-15)13-4-3-12(16)8-17-13/h3-4,8,11H,2,5-7,9-10,16H2,1H3. The van der Waals surface area contributed by atoms with Gasteiger partial charge in [-0.3, -0.25) is 4.79 Å². The number of hydrogen-bond acceptors (Lipinski definition) is 5. The third kappa shape index (κ3) is 2.44. The molecule has 5 nitrogen and oxygen atoms in total. The van der Waals surface area contributed by atoms with Crippen LogP contribution in [0.15, 0.2) is 18.3 Å². The molecule has 1 aliphatic heterocycles. The molecule has 2 fully saturated rings. The van der Waals surface area contributed by atoms with Gasteiger partial charge in [-0.25, -0.2) is 4.98 Å². The van der Waals surface area contributed by atoms with Crippen LogP contribution in [0.5, 0.6) is 0 Å². The molecule has 1 aromatic heterocycles. The lowest BCUT2D eigenvalue weighted by atomic mass is 9.57. The van der Waals surface area contributed by atoms with E-state index in [1.54, 1.807) is 6.20 Å². The van der Waals surface area contributed by atoms with E-state index >= 15 is 0 Å². The first-order chi connectivity index (χ1) is 9.60. The normalized spacial score (nSPS) is 20.4. The second kappa shape index (κ2) is 4.96. The molecule has 20 heavy (non-hydrogen) atoms. The quantitative estimate of drug-likeness (QED) is 0.849. The summed E-state index contributed by atoms with van der Waals surface area (Å²) in [4.78, 5) is 18.0. The number of nitrogens with zero attached hydrogens (tertiary/aromatic N) is 2. The first-order valence-corrected chi connectivity index (χ1v) is 7.22. The molecular weight excluding hydrogens is 254 g/mol. The molecule has 2 heterocycles. The highest BCUT2D eigenvalue weighted by Gasteiger charge is 2.52. The molecule has 1 saturated carbocycles. The van der Waals surface area contributed by atoms with Crippen molar-refractivity contribution in [1.82, 2.24) is 4.98 Å². The number of nitrogens with two attached hydrogens (primary N) is 1. The number of aromatic nitrogens is 1. The van der Waals surface area contributed by atoms with Gasteiger partial charge >= 0.3 is 5.97 Å². The molecule has 2 N–H and O–H groups in total. The minimum atomic E-state index is -0.0521. The van der Waals surface area contributed by atoms with Crippen molar-refractivity contribution < 1.29 is 9.53 Å². The number of ether oxygens (including phenoxy) is 1. The highest BCUT2D eigenvalue weighted by Crippen LogP contribution is 2.53. The second-order valence-corrected chi connectivity index (χ2v) is 6.09. The molecule has 0 atom stereocenters. The summed E-state index contributed by atoms with van der Waals surface area (Å²) in [6.07, 6.45) is 4.55. The fourth-order valence-electron chi connectivity index (χ4n) is 3.53. The predicted molar refractivity (Wildman–Crippen MR) is 77.3 cm³/mol. The predicted octanol–water partition coefficient (Wildman–Crippen LogP) is 1.83. The van der Waals surface area contributed by atoms with Gasteiger partial charge in [0, 0.05) is 24.9 Å². The van der Waals surface area contributed by atoms with Gasteiger partial charge in [0.05, 0.1) is 18.5 Å². The Hall–Kier alpha value is -1.78. The van der Waals surface area contributed by atoms with Gasteiger partial charge in [-0.15, -0.1) is 0 Å². The van der Waals surface area contributed by atoms with Gasteiger partial charge in [-0.05, 0) is 37.8 Å². The maximum absolute atomic E-state index is 11.4. The lowest BCUT2D eigenvalue weighted by Crippen LogP contribution is -2.62. The summed E-state index contributed by atoms with van der Waals surface area (Å²) >= 11 is 0. The Bertz CT molecular complexity index is 486. The molecule has 0 amide bonds. The van der Waals surface area contributed by atoms with Crippen molar-refractivity contribution in [2.75, 3.05) is 30.3 Å². The summed E-state index contributed by atoms with van der Waals surface area (Å²) in [6, 6.07) is 3.86. The van der Waals surface area contributed by atoms with Crippen molar-refractivity contribution in [3.63, 3.8) is 0 Å². The van der Waals surface area contributed by atoms with E-state index in [4.69, 9.17) is 10.5 Å². The van der Waals surface area contributed by atoms with Crippen molar-refractivity contribution in [1.29, 1.82) is 0 Å². The zero-order chi connectivity index (χ0) is 14.2. The second-order valence-electron chi connectivity index (χ2n) is 6.09. The number of carbonyl (C=O) groups excluding carboxylic acids is 1. The van der Waals surface area contributed by atoms with E-state index < -0.39 is 0 Å². The number of pyridine rings is 1. The molecule has 3 rings (SSSR count). The fourth-order valence-corrected chi connectivity index (χ4v) is 3.53. The van der Waals surface area contributed by atoms with Crippen LogP contribution in [0, 0.1) is 11.3 Å². The first-order valence-electron chi connectivity index (χ1n) is 7.22. The molecule has 1 aliphatic carbocycles. The van der Waals surface area contributed by atoms with E-state index in [0.29, 0.717) is 30.0 Å². The van der Waals surface area contributed by atoms with Crippen LogP contribution < -0.4 is 10.6 Å². The summed E-state index contributed by atoms with van der Waals surface area (Å²) < 4.78 is 5.00. The Labute approximate surface area is 119 Å². The molecule has 2 aliphatic rings. The lowest BCUT2D eigenvalue weighted by molar-refractivity contribution is -0.146. The zero-order valence-electron chi connectivity index (χ0n) is 11.8. The van der Waals surface area contributed by atoms with Crippen LogP contribution in [-0.4, -0.2) is 30.6 Å². The molecule has 1 aromatic rings. The summed E-state index contributed by atoms with van der Waals surface area (Å²) in [5.41, 5.74) is 6.75. The van der Waals surface area contributed by atoms with Crippen LogP contribution in [0.25, 0.3) is 0 Å². The fraction of sp³-hybridized carbons (Fsp3) is 0.600. The van der Waals surface area contributed by atoms with Crippen molar-refractivity contribution in [2.45, 2.75) is 26.2 Å². The number of hydrogen-bond donors (Lipinski definition) is 1. The molecule has 0 aromatic carbocycles. The zero-order valence-corrected chi connectivity index (χ0v) is 11.8. The van der Waals surface area contributed by atoms with Crippen molar-refractivity contribution >= 4 is 17.5 Å². The van der Waals surface area contributed by atoms with Gasteiger partial charge < -0.3 is 15.4 Å². The van der Waals surface area contributed by atoms with Gasteiger partial charge in [-0.2, -0.15) is 0 Å². The first kappa shape index (κ1) is 13.2. The van der Waals surface area contributed by atoms with Gasteiger partial charge in [0.2, 0.25) is 0 Å².